The van der Waals surface area contributed by atoms with E-state index in [0.717, 1.165) is 18.3 Å². The summed E-state index contributed by atoms with van der Waals surface area (Å²) >= 11 is 0. The molecule has 0 unspecified atom stereocenters. The lowest BCUT2D eigenvalue weighted by Gasteiger charge is -2.12. The Morgan fingerprint density at radius 1 is 1.12 bits per heavy atom. The number of phenolic OH excluding ortho intramolecular Hbond substituents is 1. The minimum atomic E-state index is -4.52. The van der Waals surface area contributed by atoms with Crippen molar-refractivity contribution < 1.29 is 18.1 Å². The molecule has 0 aliphatic rings. The molecule has 2 rings (SSSR count). The van der Waals surface area contributed by atoms with Gasteiger partial charge in [-0.05, 0) is 17.7 Å². The van der Waals surface area contributed by atoms with Gasteiger partial charge >= 0.3 is 0 Å². The van der Waals surface area contributed by atoms with Gasteiger partial charge in [0.2, 0.25) is 0 Å². The molecule has 0 fully saturated rings. The van der Waals surface area contributed by atoms with Crippen LogP contribution < -0.4 is 5.32 Å². The van der Waals surface area contributed by atoms with E-state index in [2.05, 4.69) is 5.32 Å². The van der Waals surface area contributed by atoms with Crippen LogP contribution in [0.1, 0.15) is 0 Å². The molecular formula is C16H11N3O4S. The predicted octanol–water partition coefficient (Wildman–Crippen LogP) is 2.65. The molecule has 2 aromatic carbocycles. The first-order chi connectivity index (χ1) is 11.4. The first-order valence-corrected chi connectivity index (χ1v) is 7.97. The van der Waals surface area contributed by atoms with Crippen LogP contribution in [-0.2, 0) is 10.1 Å². The molecule has 7 nitrogen and oxygen atoms in total. The zero-order chi connectivity index (χ0) is 17.7. The van der Waals surface area contributed by atoms with E-state index in [4.69, 9.17) is 10.5 Å². The molecule has 0 atom stereocenters. The molecule has 8 heteroatoms. The highest BCUT2D eigenvalue weighted by atomic mass is 32.2. The predicted molar refractivity (Wildman–Crippen MR) is 86.3 cm³/mol. The Balaban J connectivity index is 2.66. The van der Waals surface area contributed by atoms with Crippen LogP contribution in [0.4, 0.5) is 5.69 Å². The van der Waals surface area contributed by atoms with Crippen molar-refractivity contribution in [2.75, 3.05) is 5.32 Å². The SMILES string of the molecule is N#CC(C#N)=CNc1cc(S(=O)(=O)O)cc(-c2ccccc2)c1O. The van der Waals surface area contributed by atoms with Crippen LogP contribution in [0.3, 0.4) is 0 Å². The fourth-order valence-corrected chi connectivity index (χ4v) is 2.48. The van der Waals surface area contributed by atoms with Gasteiger partial charge in [0.05, 0.1) is 10.6 Å². The average molecular weight is 341 g/mol. The first-order valence-electron chi connectivity index (χ1n) is 6.53. The van der Waals surface area contributed by atoms with E-state index < -0.39 is 15.0 Å². The Morgan fingerprint density at radius 3 is 2.29 bits per heavy atom. The quantitative estimate of drug-likeness (QED) is 0.442. The number of rotatable bonds is 4. The number of aromatic hydroxyl groups is 1. The maximum atomic E-state index is 11.5. The standard InChI is InChI=1S/C16H11N3O4S/c17-8-11(9-18)10-19-15-7-13(24(21,22)23)6-14(16(15)20)12-4-2-1-3-5-12/h1-7,10,19-20H,(H,21,22,23). The van der Waals surface area contributed by atoms with E-state index in [1.54, 1.807) is 42.5 Å². The maximum Gasteiger partial charge on any atom is 0.294 e. The molecule has 3 N–H and O–H groups in total. The molecule has 120 valence electrons. The van der Waals surface area contributed by atoms with Crippen LogP contribution in [0.5, 0.6) is 5.75 Å². The Kier molecular flexibility index (Phi) is 4.85. The summed E-state index contributed by atoms with van der Waals surface area (Å²) in [4.78, 5) is -0.439. The van der Waals surface area contributed by atoms with Crippen molar-refractivity contribution in [1.82, 2.24) is 0 Å². The highest BCUT2D eigenvalue weighted by Gasteiger charge is 2.18. The molecule has 0 saturated heterocycles. The molecule has 0 bridgehead atoms. The third-order valence-corrected chi connectivity index (χ3v) is 3.91. The summed E-state index contributed by atoms with van der Waals surface area (Å²) in [5, 5.41) is 30.3. The van der Waals surface area contributed by atoms with E-state index in [-0.39, 0.29) is 22.6 Å². The lowest BCUT2D eigenvalue weighted by molar-refractivity contribution is 0.476. The second-order valence-electron chi connectivity index (χ2n) is 4.63. The van der Waals surface area contributed by atoms with Crippen molar-refractivity contribution in [2.24, 2.45) is 0 Å². The minimum Gasteiger partial charge on any atom is -0.505 e. The summed E-state index contributed by atoms with van der Waals surface area (Å²) in [6.45, 7) is 0. The van der Waals surface area contributed by atoms with Crippen LogP contribution in [-0.4, -0.2) is 18.1 Å². The number of phenols is 1. The highest BCUT2D eigenvalue weighted by Crippen LogP contribution is 2.38. The summed E-state index contributed by atoms with van der Waals surface area (Å²) in [6.07, 6.45) is 1.03. The van der Waals surface area contributed by atoms with Crippen LogP contribution in [0.15, 0.2) is 59.1 Å². The lowest BCUT2D eigenvalue weighted by atomic mass is 10.0. The van der Waals surface area contributed by atoms with Crippen molar-refractivity contribution in [1.29, 1.82) is 10.5 Å². The van der Waals surface area contributed by atoms with E-state index in [1.807, 2.05) is 0 Å². The smallest absolute Gasteiger partial charge is 0.294 e. The molecule has 2 aromatic rings. The van der Waals surface area contributed by atoms with Crippen LogP contribution in [0.25, 0.3) is 11.1 Å². The molecular weight excluding hydrogens is 330 g/mol. The van der Waals surface area contributed by atoms with Crippen LogP contribution >= 0.6 is 0 Å². The van der Waals surface area contributed by atoms with Gasteiger partial charge in [0, 0.05) is 11.8 Å². The monoisotopic (exact) mass is 341 g/mol. The molecule has 24 heavy (non-hydrogen) atoms. The number of hydrogen-bond donors (Lipinski definition) is 3. The second-order valence-corrected chi connectivity index (χ2v) is 6.06. The number of nitriles is 2. The third kappa shape index (κ3) is 3.70. The molecule has 0 saturated carbocycles. The number of benzene rings is 2. The summed E-state index contributed by atoms with van der Waals surface area (Å²) in [5.74, 6) is -0.292. The highest BCUT2D eigenvalue weighted by molar-refractivity contribution is 7.85. The second kappa shape index (κ2) is 6.84. The Labute approximate surface area is 138 Å². The molecule has 0 aliphatic heterocycles. The van der Waals surface area contributed by atoms with E-state index in [1.165, 1.54) is 0 Å². The maximum absolute atomic E-state index is 11.5. The Morgan fingerprint density at radius 2 is 1.75 bits per heavy atom. The summed E-state index contributed by atoms with van der Waals surface area (Å²) in [6, 6.07) is 13.8. The summed E-state index contributed by atoms with van der Waals surface area (Å²) < 4.78 is 32.2. The normalized spacial score (nSPS) is 10.3. The lowest BCUT2D eigenvalue weighted by Crippen LogP contribution is -2.01. The van der Waals surface area contributed by atoms with Gasteiger partial charge in [0.25, 0.3) is 10.1 Å². The summed E-state index contributed by atoms with van der Waals surface area (Å²) in [5.41, 5.74) is 0.338. The molecule has 0 aliphatic carbocycles. The zero-order valence-corrected chi connectivity index (χ0v) is 12.9. The van der Waals surface area contributed by atoms with Gasteiger partial charge in [-0.15, -0.1) is 0 Å². The van der Waals surface area contributed by atoms with Gasteiger partial charge in [0.15, 0.2) is 0 Å². The van der Waals surface area contributed by atoms with E-state index in [9.17, 15) is 18.1 Å². The first kappa shape index (κ1) is 17.0. The van der Waals surface area contributed by atoms with Gasteiger partial charge in [-0.3, -0.25) is 4.55 Å². The van der Waals surface area contributed by atoms with Gasteiger partial charge in [-0.25, -0.2) is 0 Å². The number of hydrogen-bond acceptors (Lipinski definition) is 6. The average Bonchev–Trinajstić information content (AvgIpc) is 2.56. The number of nitrogens with one attached hydrogen (secondary N) is 1. The third-order valence-electron chi connectivity index (χ3n) is 3.08. The fourth-order valence-electron chi connectivity index (χ4n) is 1.94. The molecule has 0 heterocycles. The van der Waals surface area contributed by atoms with E-state index >= 15 is 0 Å². The van der Waals surface area contributed by atoms with Gasteiger partial charge in [-0.1, -0.05) is 30.3 Å². The largest absolute Gasteiger partial charge is 0.505 e. The number of nitrogens with zero attached hydrogens (tertiary/aromatic N) is 2. The van der Waals surface area contributed by atoms with Crippen molar-refractivity contribution in [3.63, 3.8) is 0 Å². The minimum absolute atomic E-state index is 0.0769. The van der Waals surface area contributed by atoms with Gasteiger partial charge in [-0.2, -0.15) is 18.9 Å². The van der Waals surface area contributed by atoms with Crippen molar-refractivity contribution in [3.05, 3.63) is 54.2 Å². The zero-order valence-electron chi connectivity index (χ0n) is 12.1. The summed E-state index contributed by atoms with van der Waals surface area (Å²) in [7, 11) is -4.52. The fraction of sp³-hybridized carbons (Fsp3) is 0. The van der Waals surface area contributed by atoms with Crippen molar-refractivity contribution in [3.8, 4) is 29.0 Å². The number of allylic oxidation sites excluding steroid dienone is 1. The topological polar surface area (TPSA) is 134 Å². The molecule has 0 amide bonds. The molecule has 0 spiro atoms. The van der Waals surface area contributed by atoms with Gasteiger partial charge < -0.3 is 10.4 Å². The van der Waals surface area contributed by atoms with Crippen LogP contribution in [0, 0.1) is 22.7 Å². The Bertz CT molecular complexity index is 968. The molecule has 0 aromatic heterocycles. The van der Waals surface area contributed by atoms with Gasteiger partial charge in [0.1, 0.15) is 23.5 Å². The Hall–Kier alpha value is -3.33. The van der Waals surface area contributed by atoms with Crippen LogP contribution in [0.2, 0.25) is 0 Å². The van der Waals surface area contributed by atoms with E-state index in [0.29, 0.717) is 5.56 Å². The molecule has 0 radical (unpaired) electrons. The van der Waals surface area contributed by atoms with Crippen molar-refractivity contribution in [2.45, 2.75) is 4.90 Å². The number of anilines is 1. The van der Waals surface area contributed by atoms with Crippen molar-refractivity contribution >= 4 is 15.8 Å².